The van der Waals surface area contributed by atoms with Crippen molar-refractivity contribution in [2.75, 3.05) is 7.11 Å². The Labute approximate surface area is 207 Å². The minimum absolute atomic E-state index is 0.00112. The van der Waals surface area contributed by atoms with Crippen LogP contribution >= 0.6 is 38.9 Å². The number of carbonyl (C=O) groups is 1. The first-order valence-corrected chi connectivity index (χ1v) is 12.4. The highest BCUT2D eigenvalue weighted by Gasteiger charge is 2.11. The second-order valence-corrected chi connectivity index (χ2v) is 9.93. The van der Waals surface area contributed by atoms with Crippen LogP contribution in [0.25, 0.3) is 6.08 Å². The summed E-state index contributed by atoms with van der Waals surface area (Å²) in [6.45, 7) is 6.40. The fourth-order valence-electron chi connectivity index (χ4n) is 3.35. The number of halogens is 2. The fourth-order valence-corrected chi connectivity index (χ4v) is 5.35. The van der Waals surface area contributed by atoms with Crippen LogP contribution in [0.15, 0.2) is 46.9 Å². The van der Waals surface area contributed by atoms with Gasteiger partial charge in [-0.15, -0.1) is 11.3 Å². The van der Waals surface area contributed by atoms with Crippen molar-refractivity contribution in [2.45, 2.75) is 40.2 Å². The van der Waals surface area contributed by atoms with E-state index in [1.807, 2.05) is 56.3 Å². The number of rotatable bonds is 9. The number of ether oxygens (including phenoxy) is 2. The van der Waals surface area contributed by atoms with Gasteiger partial charge < -0.3 is 9.47 Å². The van der Waals surface area contributed by atoms with Crippen molar-refractivity contribution >= 4 is 50.7 Å². The first-order chi connectivity index (χ1) is 15.3. The molecule has 0 saturated carbocycles. The molecule has 0 saturated heterocycles. The van der Waals surface area contributed by atoms with E-state index in [0.717, 1.165) is 61.0 Å². The molecule has 168 valence electrons. The summed E-state index contributed by atoms with van der Waals surface area (Å²) >= 11 is 11.4. The molecule has 1 heterocycles. The number of benzene rings is 2. The summed E-state index contributed by atoms with van der Waals surface area (Å²) in [5, 5.41) is 0.756. The van der Waals surface area contributed by atoms with Crippen molar-refractivity contribution in [3.05, 3.63) is 84.0 Å². The normalized spacial score (nSPS) is 11.2. The average molecular weight is 534 g/mol. The first-order valence-electron chi connectivity index (χ1n) is 10.4. The van der Waals surface area contributed by atoms with Gasteiger partial charge in [-0.25, -0.2) is 0 Å². The Balaban J connectivity index is 1.75. The molecule has 0 N–H and O–H groups in total. The van der Waals surface area contributed by atoms with Gasteiger partial charge in [0.15, 0.2) is 5.78 Å². The molecule has 0 atom stereocenters. The number of hydrogen-bond donors (Lipinski definition) is 0. The molecule has 3 rings (SSSR count). The average Bonchev–Trinajstić information content (AvgIpc) is 3.15. The van der Waals surface area contributed by atoms with Gasteiger partial charge in [-0.2, -0.15) is 0 Å². The number of methoxy groups -OCH3 is 1. The van der Waals surface area contributed by atoms with Gasteiger partial charge in [0.25, 0.3) is 0 Å². The molecule has 0 fully saturated rings. The number of aryl methyl sites for hydroxylation is 3. The van der Waals surface area contributed by atoms with E-state index < -0.39 is 0 Å². The lowest BCUT2D eigenvalue weighted by molar-refractivity contribution is 0.105. The van der Waals surface area contributed by atoms with Crippen LogP contribution in [-0.4, -0.2) is 12.9 Å². The van der Waals surface area contributed by atoms with Crippen LogP contribution in [0.1, 0.15) is 50.1 Å². The molecule has 6 heteroatoms. The Bertz CT molecular complexity index is 1130. The number of carbonyl (C=O) groups excluding carboxylic acids is 1. The predicted octanol–water partition coefficient (Wildman–Crippen LogP) is 8.22. The van der Waals surface area contributed by atoms with Crippen molar-refractivity contribution in [1.29, 1.82) is 0 Å². The molecule has 0 aliphatic rings. The van der Waals surface area contributed by atoms with Gasteiger partial charge in [-0.1, -0.05) is 37.1 Å². The molecule has 2 aromatic carbocycles. The number of hydrogen-bond acceptors (Lipinski definition) is 4. The van der Waals surface area contributed by atoms with E-state index in [-0.39, 0.29) is 5.78 Å². The van der Waals surface area contributed by atoms with Gasteiger partial charge in [0.2, 0.25) is 0 Å². The maximum absolute atomic E-state index is 12.6. The van der Waals surface area contributed by atoms with Crippen LogP contribution < -0.4 is 9.47 Å². The zero-order valence-corrected chi connectivity index (χ0v) is 21.8. The molecule has 0 radical (unpaired) electrons. The Morgan fingerprint density at radius 1 is 1.16 bits per heavy atom. The maximum atomic E-state index is 12.6. The van der Waals surface area contributed by atoms with Crippen molar-refractivity contribution in [2.24, 2.45) is 0 Å². The zero-order valence-electron chi connectivity index (χ0n) is 18.6. The van der Waals surface area contributed by atoms with Crippen molar-refractivity contribution in [1.82, 2.24) is 0 Å². The molecule has 0 amide bonds. The van der Waals surface area contributed by atoms with Gasteiger partial charge in [-0.3, -0.25) is 4.79 Å². The summed E-state index contributed by atoms with van der Waals surface area (Å²) in [6, 6.07) is 11.6. The quantitative estimate of drug-likeness (QED) is 0.205. The molecule has 3 nitrogen and oxygen atoms in total. The lowest BCUT2D eigenvalue weighted by Gasteiger charge is -2.13. The van der Waals surface area contributed by atoms with Crippen molar-refractivity contribution < 1.29 is 14.3 Å². The van der Waals surface area contributed by atoms with Crippen LogP contribution in [0.2, 0.25) is 5.02 Å². The van der Waals surface area contributed by atoms with Crippen LogP contribution in [0, 0.1) is 13.8 Å². The molecule has 0 aliphatic carbocycles. The second-order valence-electron chi connectivity index (χ2n) is 7.56. The highest BCUT2D eigenvalue weighted by molar-refractivity contribution is 9.10. The van der Waals surface area contributed by atoms with Crippen molar-refractivity contribution in [3.63, 3.8) is 0 Å². The van der Waals surface area contributed by atoms with E-state index in [9.17, 15) is 4.79 Å². The summed E-state index contributed by atoms with van der Waals surface area (Å²) in [5.41, 5.74) is 3.76. The smallest absolute Gasteiger partial charge is 0.195 e. The lowest BCUT2D eigenvalue weighted by Crippen LogP contribution is -2.00. The standard InChI is InChI=1S/C26H26BrClO3S/c1-5-6-24-21(27)14-25(32-24)22(29)9-7-18-8-10-23(30-4)19(13-18)15-31-20-11-16(2)26(28)17(3)12-20/h7-14H,5-6,15H2,1-4H3/b9-7+. The van der Waals surface area contributed by atoms with Gasteiger partial charge in [-0.05, 0) is 89.3 Å². The third-order valence-electron chi connectivity index (χ3n) is 5.01. The molecule has 32 heavy (non-hydrogen) atoms. The van der Waals surface area contributed by atoms with E-state index in [1.165, 1.54) is 4.88 Å². The van der Waals surface area contributed by atoms with Crippen LogP contribution in [-0.2, 0) is 13.0 Å². The summed E-state index contributed by atoms with van der Waals surface area (Å²) in [4.78, 5) is 14.6. The third kappa shape index (κ3) is 6.03. The van der Waals surface area contributed by atoms with Gasteiger partial charge in [0.1, 0.15) is 18.1 Å². The first kappa shape index (κ1) is 24.6. The molecule has 0 spiro atoms. The van der Waals surface area contributed by atoms with E-state index in [4.69, 9.17) is 21.1 Å². The predicted molar refractivity (Wildman–Crippen MR) is 138 cm³/mol. The van der Waals surface area contributed by atoms with Crippen LogP contribution in [0.5, 0.6) is 11.5 Å². The second kappa shape index (κ2) is 11.2. The molecule has 3 aromatic rings. The minimum atomic E-state index is -0.00112. The Kier molecular flexibility index (Phi) is 8.57. The molecule has 1 aromatic heterocycles. The third-order valence-corrected chi connectivity index (χ3v) is 7.79. The Morgan fingerprint density at radius 2 is 1.88 bits per heavy atom. The van der Waals surface area contributed by atoms with Crippen molar-refractivity contribution in [3.8, 4) is 11.5 Å². The summed E-state index contributed by atoms with van der Waals surface area (Å²) in [5.74, 6) is 1.50. The Morgan fingerprint density at radius 3 is 2.53 bits per heavy atom. The molecule has 0 bridgehead atoms. The van der Waals surface area contributed by atoms with Crippen LogP contribution in [0.3, 0.4) is 0 Å². The largest absolute Gasteiger partial charge is 0.496 e. The highest BCUT2D eigenvalue weighted by atomic mass is 79.9. The summed E-state index contributed by atoms with van der Waals surface area (Å²) in [7, 11) is 1.64. The summed E-state index contributed by atoms with van der Waals surface area (Å²) in [6.07, 6.45) is 5.46. The van der Waals surface area contributed by atoms with Crippen LogP contribution in [0.4, 0.5) is 0 Å². The molecular formula is C26H26BrClO3S. The van der Waals surface area contributed by atoms with E-state index in [0.29, 0.717) is 6.61 Å². The minimum Gasteiger partial charge on any atom is -0.496 e. The fraction of sp³-hybridized carbons (Fsp3) is 0.269. The SMILES string of the molecule is CCCc1sc(C(=O)/C=C/c2ccc(OC)c(COc3cc(C)c(Cl)c(C)c3)c2)cc1Br. The monoisotopic (exact) mass is 532 g/mol. The molecular weight excluding hydrogens is 508 g/mol. The van der Waals surface area contributed by atoms with Gasteiger partial charge >= 0.3 is 0 Å². The molecule has 0 aliphatic heterocycles. The lowest BCUT2D eigenvalue weighted by atomic mass is 10.1. The van der Waals surface area contributed by atoms with E-state index in [1.54, 1.807) is 24.5 Å². The zero-order chi connectivity index (χ0) is 23.3. The number of thiophene rings is 1. The van der Waals surface area contributed by atoms with E-state index >= 15 is 0 Å². The van der Waals surface area contributed by atoms with Gasteiger partial charge in [0.05, 0.1) is 12.0 Å². The maximum Gasteiger partial charge on any atom is 0.195 e. The van der Waals surface area contributed by atoms with E-state index in [2.05, 4.69) is 22.9 Å². The summed E-state index contributed by atoms with van der Waals surface area (Å²) < 4.78 is 12.5. The molecule has 0 unspecified atom stereocenters. The topological polar surface area (TPSA) is 35.5 Å². The number of allylic oxidation sites excluding steroid dienone is 1. The Hall–Kier alpha value is -2.08. The highest BCUT2D eigenvalue weighted by Crippen LogP contribution is 2.30. The number of ketones is 1. The van der Waals surface area contributed by atoms with Gasteiger partial charge in [0, 0.05) is 19.9 Å².